The Bertz CT molecular complexity index is 522. The number of benzene rings is 1. The van der Waals surface area contributed by atoms with E-state index in [1.165, 1.54) is 0 Å². The summed E-state index contributed by atoms with van der Waals surface area (Å²) in [5.41, 5.74) is 1.91. The average molecular weight is 250 g/mol. The first-order valence-electron chi connectivity index (χ1n) is 5.50. The molecule has 1 unspecified atom stereocenters. The van der Waals surface area contributed by atoms with Gasteiger partial charge in [0, 0.05) is 9.75 Å². The van der Waals surface area contributed by atoms with Gasteiger partial charge in [-0.25, -0.2) is 4.39 Å². The molecule has 1 heterocycles. The fraction of sp³-hybridized carbons (Fsp3) is 0.286. The van der Waals surface area contributed by atoms with Crippen LogP contribution in [0.1, 0.15) is 32.5 Å². The Balaban J connectivity index is 2.41. The minimum absolute atomic E-state index is 0.191. The fourth-order valence-corrected chi connectivity index (χ4v) is 2.79. The quantitative estimate of drug-likeness (QED) is 0.857. The molecule has 1 aromatic carbocycles. The number of hydrogen-bond acceptors (Lipinski definition) is 2. The normalized spacial score (nSPS) is 12.8. The zero-order chi connectivity index (χ0) is 12.6. The molecule has 1 nitrogen and oxygen atoms in total. The van der Waals surface area contributed by atoms with Gasteiger partial charge in [0.2, 0.25) is 0 Å². The number of hydrogen-bond donors (Lipinski definition) is 1. The van der Waals surface area contributed by atoms with Crippen LogP contribution in [-0.4, -0.2) is 5.11 Å². The van der Waals surface area contributed by atoms with Gasteiger partial charge in [0.25, 0.3) is 0 Å². The van der Waals surface area contributed by atoms with Crippen molar-refractivity contribution in [3.8, 4) is 0 Å². The van der Waals surface area contributed by atoms with Crippen molar-refractivity contribution in [2.24, 2.45) is 0 Å². The molecular weight excluding hydrogens is 235 g/mol. The van der Waals surface area contributed by atoms with Gasteiger partial charge in [-0.05, 0) is 49.6 Å². The Kier molecular flexibility index (Phi) is 3.31. The molecule has 0 fully saturated rings. The van der Waals surface area contributed by atoms with Crippen LogP contribution in [0.4, 0.5) is 4.39 Å². The van der Waals surface area contributed by atoms with E-state index in [9.17, 15) is 9.50 Å². The molecule has 0 amide bonds. The van der Waals surface area contributed by atoms with Crippen LogP contribution in [0.25, 0.3) is 0 Å². The summed E-state index contributed by atoms with van der Waals surface area (Å²) in [4.78, 5) is 2.06. The molecule has 2 rings (SSSR count). The summed E-state index contributed by atoms with van der Waals surface area (Å²) in [6.45, 7) is 5.44. The molecule has 1 N–H and O–H groups in total. The molecule has 0 saturated heterocycles. The second kappa shape index (κ2) is 4.59. The second-order valence-electron chi connectivity index (χ2n) is 4.32. The highest BCUT2D eigenvalue weighted by Crippen LogP contribution is 2.29. The number of aryl methyl sites for hydroxylation is 3. The molecule has 0 spiro atoms. The van der Waals surface area contributed by atoms with E-state index in [-0.39, 0.29) is 5.82 Å². The third-order valence-corrected chi connectivity index (χ3v) is 3.86. The third-order valence-electron chi connectivity index (χ3n) is 2.81. The van der Waals surface area contributed by atoms with Gasteiger partial charge in [-0.1, -0.05) is 12.1 Å². The van der Waals surface area contributed by atoms with E-state index >= 15 is 0 Å². The Morgan fingerprint density at radius 2 is 1.71 bits per heavy atom. The topological polar surface area (TPSA) is 20.2 Å². The predicted molar refractivity (Wildman–Crippen MR) is 69.0 cm³/mol. The van der Waals surface area contributed by atoms with E-state index in [0.717, 1.165) is 15.3 Å². The monoisotopic (exact) mass is 250 g/mol. The van der Waals surface area contributed by atoms with Gasteiger partial charge < -0.3 is 5.11 Å². The fourth-order valence-electron chi connectivity index (χ4n) is 1.90. The Morgan fingerprint density at radius 1 is 1.12 bits per heavy atom. The molecule has 0 aliphatic heterocycles. The highest BCUT2D eigenvalue weighted by Gasteiger charge is 2.15. The Morgan fingerprint density at radius 3 is 2.18 bits per heavy atom. The van der Waals surface area contributed by atoms with Crippen molar-refractivity contribution in [1.29, 1.82) is 0 Å². The van der Waals surface area contributed by atoms with Crippen LogP contribution in [0.3, 0.4) is 0 Å². The van der Waals surface area contributed by atoms with Gasteiger partial charge in [-0.2, -0.15) is 0 Å². The summed E-state index contributed by atoms with van der Waals surface area (Å²) >= 11 is 1.56. The minimum atomic E-state index is -0.660. The summed E-state index contributed by atoms with van der Waals surface area (Å²) in [6, 6.07) is 7.31. The summed E-state index contributed by atoms with van der Waals surface area (Å²) in [7, 11) is 0. The zero-order valence-corrected chi connectivity index (χ0v) is 10.9. The lowest BCUT2D eigenvalue weighted by atomic mass is 10.0. The first-order valence-corrected chi connectivity index (χ1v) is 6.31. The molecule has 1 atom stereocenters. The molecule has 3 heteroatoms. The number of aliphatic hydroxyl groups is 1. The van der Waals surface area contributed by atoms with Crippen molar-refractivity contribution in [3.05, 3.63) is 56.5 Å². The molecular formula is C14H15FOS. The molecule has 0 saturated carbocycles. The van der Waals surface area contributed by atoms with Crippen molar-refractivity contribution in [2.75, 3.05) is 0 Å². The van der Waals surface area contributed by atoms with E-state index in [2.05, 4.69) is 0 Å². The summed E-state index contributed by atoms with van der Waals surface area (Å²) in [5, 5.41) is 10.2. The number of halogens is 1. The maximum Gasteiger partial charge on any atom is 0.129 e. The third kappa shape index (κ3) is 2.40. The molecule has 2 aromatic rings. The molecule has 0 aliphatic carbocycles. The zero-order valence-electron chi connectivity index (χ0n) is 10.1. The highest BCUT2D eigenvalue weighted by molar-refractivity contribution is 7.12. The second-order valence-corrected chi connectivity index (χ2v) is 5.64. The standard InChI is InChI=1S/C14H15FOS/c1-8-6-11(7-9(2)13(8)15)14(16)12-5-4-10(3)17-12/h4-7,14,16H,1-3H3. The smallest absolute Gasteiger partial charge is 0.129 e. The lowest BCUT2D eigenvalue weighted by molar-refractivity contribution is 0.224. The van der Waals surface area contributed by atoms with E-state index in [1.54, 1.807) is 37.3 Å². The molecule has 1 aromatic heterocycles. The largest absolute Gasteiger partial charge is 0.383 e. The highest BCUT2D eigenvalue weighted by atomic mass is 32.1. The predicted octanol–water partition coefficient (Wildman–Crippen LogP) is 3.89. The van der Waals surface area contributed by atoms with Gasteiger partial charge in [-0.15, -0.1) is 11.3 Å². The van der Waals surface area contributed by atoms with Crippen molar-refractivity contribution in [1.82, 2.24) is 0 Å². The van der Waals surface area contributed by atoms with E-state index in [1.807, 2.05) is 19.1 Å². The van der Waals surface area contributed by atoms with Crippen molar-refractivity contribution in [2.45, 2.75) is 26.9 Å². The van der Waals surface area contributed by atoms with Crippen molar-refractivity contribution < 1.29 is 9.50 Å². The van der Waals surface area contributed by atoms with Crippen LogP contribution in [0.2, 0.25) is 0 Å². The maximum atomic E-state index is 13.5. The summed E-state index contributed by atoms with van der Waals surface area (Å²) in [5.74, 6) is -0.191. The first kappa shape index (κ1) is 12.3. The summed E-state index contributed by atoms with van der Waals surface area (Å²) < 4.78 is 13.5. The van der Waals surface area contributed by atoms with E-state index < -0.39 is 6.10 Å². The molecule has 0 radical (unpaired) electrons. The first-order chi connectivity index (χ1) is 7.99. The van der Waals surface area contributed by atoms with Gasteiger partial charge in [0.05, 0.1) is 0 Å². The minimum Gasteiger partial charge on any atom is -0.383 e. The van der Waals surface area contributed by atoms with Crippen LogP contribution >= 0.6 is 11.3 Å². The van der Waals surface area contributed by atoms with Crippen LogP contribution in [0, 0.1) is 26.6 Å². The molecule has 0 bridgehead atoms. The Labute approximate surface area is 105 Å². The lowest BCUT2D eigenvalue weighted by Crippen LogP contribution is -2.00. The van der Waals surface area contributed by atoms with Gasteiger partial charge in [0.15, 0.2) is 0 Å². The average Bonchev–Trinajstić information content (AvgIpc) is 2.71. The lowest BCUT2D eigenvalue weighted by Gasteiger charge is -2.12. The molecule has 0 aliphatic rings. The van der Waals surface area contributed by atoms with Gasteiger partial charge in [0.1, 0.15) is 11.9 Å². The maximum absolute atomic E-state index is 13.5. The van der Waals surface area contributed by atoms with Crippen LogP contribution in [-0.2, 0) is 0 Å². The SMILES string of the molecule is Cc1ccc(C(O)c2cc(C)c(F)c(C)c2)s1. The summed E-state index contributed by atoms with van der Waals surface area (Å²) in [6.07, 6.45) is -0.660. The number of thiophene rings is 1. The van der Waals surface area contributed by atoms with Gasteiger partial charge >= 0.3 is 0 Å². The number of rotatable bonds is 2. The molecule has 17 heavy (non-hydrogen) atoms. The van der Waals surface area contributed by atoms with Crippen LogP contribution in [0.5, 0.6) is 0 Å². The van der Waals surface area contributed by atoms with Crippen LogP contribution in [0.15, 0.2) is 24.3 Å². The van der Waals surface area contributed by atoms with E-state index in [0.29, 0.717) is 11.1 Å². The van der Waals surface area contributed by atoms with Crippen LogP contribution < -0.4 is 0 Å². The van der Waals surface area contributed by atoms with Crippen molar-refractivity contribution in [3.63, 3.8) is 0 Å². The van der Waals surface area contributed by atoms with E-state index in [4.69, 9.17) is 0 Å². The van der Waals surface area contributed by atoms with Gasteiger partial charge in [-0.3, -0.25) is 0 Å². The molecule has 90 valence electrons. The Hall–Kier alpha value is -1.19. The van der Waals surface area contributed by atoms with Crippen molar-refractivity contribution >= 4 is 11.3 Å². The number of aliphatic hydroxyl groups excluding tert-OH is 1.